The highest BCUT2D eigenvalue weighted by Gasteiger charge is 2.18. The lowest BCUT2D eigenvalue weighted by Crippen LogP contribution is -2.10. The van der Waals surface area contributed by atoms with Crippen molar-refractivity contribution < 1.29 is 4.79 Å². The van der Waals surface area contributed by atoms with Gasteiger partial charge in [-0.15, -0.1) is 23.5 Å². The van der Waals surface area contributed by atoms with Crippen LogP contribution in [0, 0.1) is 0 Å². The Hall–Kier alpha value is 0.810. The Bertz CT molecular complexity index is 274. The molecule has 0 amide bonds. The van der Waals surface area contributed by atoms with E-state index < -0.39 is 0 Å². The smallest absolute Gasteiger partial charge is 0.214 e. The molecule has 1 rings (SSSR count). The third-order valence-corrected chi connectivity index (χ3v) is 7.84. The third-order valence-electron chi connectivity index (χ3n) is 2.56. The van der Waals surface area contributed by atoms with Gasteiger partial charge in [0.15, 0.2) is 0 Å². The number of carbonyl (C=O) groups is 1. The molecule has 18 heavy (non-hydrogen) atoms. The van der Waals surface area contributed by atoms with Gasteiger partial charge in [-0.05, 0) is 31.1 Å². The van der Waals surface area contributed by atoms with Crippen molar-refractivity contribution in [3.8, 4) is 0 Å². The minimum absolute atomic E-state index is 0.146. The zero-order valence-electron chi connectivity index (χ0n) is 11.1. The van der Waals surface area contributed by atoms with Gasteiger partial charge in [-0.25, -0.2) is 0 Å². The quantitative estimate of drug-likeness (QED) is 0.481. The standard InChI is InChI=1S/C13H22OS4/c1-10(2)13(14)17-6-4-5-16-11(3)7-12-8-15-9-18-12/h11-12H,1,4-9H2,2-3H3. The molecule has 104 valence electrons. The molecule has 1 saturated heterocycles. The highest BCUT2D eigenvalue weighted by atomic mass is 32.2. The second-order valence-corrected chi connectivity index (χ2v) is 9.76. The molecule has 1 aliphatic rings. The molecule has 1 heterocycles. The maximum atomic E-state index is 11.3. The van der Waals surface area contributed by atoms with Crippen molar-refractivity contribution in [1.82, 2.24) is 0 Å². The summed E-state index contributed by atoms with van der Waals surface area (Å²) in [6.07, 6.45) is 2.45. The van der Waals surface area contributed by atoms with E-state index in [-0.39, 0.29) is 5.12 Å². The average molecular weight is 323 g/mol. The lowest BCUT2D eigenvalue weighted by Gasteiger charge is -2.14. The molecule has 1 nitrogen and oxygen atoms in total. The summed E-state index contributed by atoms with van der Waals surface area (Å²) in [6.45, 7) is 7.77. The Morgan fingerprint density at radius 2 is 2.28 bits per heavy atom. The first-order valence-corrected chi connectivity index (χ1v) is 10.5. The van der Waals surface area contributed by atoms with Gasteiger partial charge < -0.3 is 0 Å². The first-order chi connectivity index (χ1) is 8.59. The van der Waals surface area contributed by atoms with Crippen LogP contribution in [0.15, 0.2) is 12.2 Å². The van der Waals surface area contributed by atoms with E-state index in [2.05, 4.69) is 48.8 Å². The van der Waals surface area contributed by atoms with Crippen LogP contribution >= 0.6 is 47.0 Å². The molecule has 5 heteroatoms. The fourth-order valence-electron chi connectivity index (χ4n) is 1.58. The van der Waals surface area contributed by atoms with Gasteiger partial charge in [-0.1, -0.05) is 25.3 Å². The van der Waals surface area contributed by atoms with Crippen LogP contribution in [0.5, 0.6) is 0 Å². The third kappa shape index (κ3) is 7.41. The lowest BCUT2D eigenvalue weighted by atomic mass is 10.3. The molecule has 0 aromatic rings. The van der Waals surface area contributed by atoms with Crippen LogP contribution in [0.3, 0.4) is 0 Å². The van der Waals surface area contributed by atoms with Gasteiger partial charge in [0.2, 0.25) is 5.12 Å². The van der Waals surface area contributed by atoms with Gasteiger partial charge in [0, 0.05) is 27.1 Å². The minimum Gasteiger partial charge on any atom is -0.282 e. The fraction of sp³-hybridized carbons (Fsp3) is 0.769. The van der Waals surface area contributed by atoms with Crippen LogP contribution in [0.1, 0.15) is 26.7 Å². The fourth-order valence-corrected chi connectivity index (χ4v) is 6.72. The van der Waals surface area contributed by atoms with E-state index in [0.717, 1.165) is 22.7 Å². The maximum absolute atomic E-state index is 11.3. The van der Waals surface area contributed by atoms with Crippen LogP contribution in [-0.2, 0) is 4.79 Å². The summed E-state index contributed by atoms with van der Waals surface area (Å²) in [4.78, 5) is 11.3. The Kier molecular flexibility index (Phi) is 9.06. The van der Waals surface area contributed by atoms with Crippen LogP contribution in [0.2, 0.25) is 0 Å². The zero-order valence-corrected chi connectivity index (χ0v) is 14.4. The first kappa shape index (κ1) is 16.9. The predicted molar refractivity (Wildman–Crippen MR) is 92.1 cm³/mol. The summed E-state index contributed by atoms with van der Waals surface area (Å²) < 4.78 is 0. The molecule has 0 aromatic heterocycles. The Morgan fingerprint density at radius 3 is 2.89 bits per heavy atom. The summed E-state index contributed by atoms with van der Waals surface area (Å²) in [5.74, 6) is 3.43. The topological polar surface area (TPSA) is 17.1 Å². The van der Waals surface area contributed by atoms with Crippen LogP contribution in [0.4, 0.5) is 0 Å². The van der Waals surface area contributed by atoms with Crippen LogP contribution in [-0.4, -0.2) is 38.0 Å². The van der Waals surface area contributed by atoms with Gasteiger partial charge in [0.25, 0.3) is 0 Å². The number of hydrogen-bond donors (Lipinski definition) is 0. The minimum atomic E-state index is 0.146. The van der Waals surface area contributed by atoms with E-state index in [1.54, 1.807) is 6.92 Å². The summed E-state index contributed by atoms with van der Waals surface area (Å²) >= 11 is 7.64. The summed E-state index contributed by atoms with van der Waals surface area (Å²) in [5.41, 5.74) is 0.664. The Labute approximate surface area is 128 Å². The van der Waals surface area contributed by atoms with Crippen molar-refractivity contribution in [3.63, 3.8) is 0 Å². The number of hydrogen-bond acceptors (Lipinski definition) is 5. The Balaban J connectivity index is 1.96. The normalized spacial score (nSPS) is 20.9. The SMILES string of the molecule is C=C(C)C(=O)SCCCSC(C)CC1CSCS1. The molecule has 0 aliphatic carbocycles. The molecule has 0 radical (unpaired) electrons. The molecule has 0 aromatic carbocycles. The largest absolute Gasteiger partial charge is 0.282 e. The first-order valence-electron chi connectivity index (χ1n) is 6.23. The van der Waals surface area contributed by atoms with Crippen LogP contribution < -0.4 is 0 Å². The molecule has 0 saturated carbocycles. The predicted octanol–water partition coefficient (Wildman–Crippen LogP) is 4.53. The highest BCUT2D eigenvalue weighted by molar-refractivity contribution is 8.19. The summed E-state index contributed by atoms with van der Waals surface area (Å²) in [7, 11) is 0. The van der Waals surface area contributed by atoms with E-state index in [9.17, 15) is 4.79 Å². The number of thioether (sulfide) groups is 4. The summed E-state index contributed by atoms with van der Waals surface area (Å²) in [5, 5.41) is 3.05. The second-order valence-electron chi connectivity index (χ2n) is 4.46. The van der Waals surface area contributed by atoms with Gasteiger partial charge in [-0.3, -0.25) is 4.79 Å². The molecule has 1 aliphatic heterocycles. The Morgan fingerprint density at radius 1 is 1.50 bits per heavy atom. The molecule has 0 bridgehead atoms. The lowest BCUT2D eigenvalue weighted by molar-refractivity contribution is -0.107. The van der Waals surface area contributed by atoms with Gasteiger partial charge in [-0.2, -0.15) is 11.8 Å². The van der Waals surface area contributed by atoms with Crippen molar-refractivity contribution in [2.24, 2.45) is 0 Å². The van der Waals surface area contributed by atoms with Crippen molar-refractivity contribution in [2.45, 2.75) is 37.2 Å². The molecule has 0 spiro atoms. The van der Waals surface area contributed by atoms with E-state index >= 15 is 0 Å². The van der Waals surface area contributed by atoms with Crippen molar-refractivity contribution >= 4 is 52.2 Å². The molecular weight excluding hydrogens is 300 g/mol. The highest BCUT2D eigenvalue weighted by Crippen LogP contribution is 2.34. The average Bonchev–Trinajstić information content (AvgIpc) is 2.80. The monoisotopic (exact) mass is 322 g/mol. The van der Waals surface area contributed by atoms with Crippen LogP contribution in [0.25, 0.3) is 0 Å². The maximum Gasteiger partial charge on any atom is 0.214 e. The van der Waals surface area contributed by atoms with Crippen molar-refractivity contribution in [2.75, 3.05) is 22.3 Å². The van der Waals surface area contributed by atoms with Gasteiger partial charge in [0.1, 0.15) is 0 Å². The molecule has 2 unspecified atom stereocenters. The molecule has 1 fully saturated rings. The number of rotatable bonds is 8. The summed E-state index contributed by atoms with van der Waals surface area (Å²) in [6, 6.07) is 0. The van der Waals surface area contributed by atoms with Gasteiger partial charge in [0.05, 0.1) is 0 Å². The van der Waals surface area contributed by atoms with Crippen molar-refractivity contribution in [1.29, 1.82) is 0 Å². The second kappa shape index (κ2) is 9.67. The van der Waals surface area contributed by atoms with Crippen molar-refractivity contribution in [3.05, 3.63) is 12.2 Å². The van der Waals surface area contributed by atoms with E-state index in [1.807, 2.05) is 0 Å². The van der Waals surface area contributed by atoms with E-state index in [4.69, 9.17) is 0 Å². The number of carbonyl (C=O) groups excluding carboxylic acids is 1. The van der Waals surface area contributed by atoms with E-state index in [0.29, 0.717) is 5.57 Å². The van der Waals surface area contributed by atoms with E-state index in [1.165, 1.54) is 34.8 Å². The molecular formula is C13H22OS4. The zero-order chi connectivity index (χ0) is 13.4. The van der Waals surface area contributed by atoms with Gasteiger partial charge >= 0.3 is 0 Å². The molecule has 2 atom stereocenters. The molecule has 0 N–H and O–H groups in total.